The minimum absolute atomic E-state index is 0.0960. The number of ether oxygens (including phenoxy) is 2. The molecule has 2 heterocycles. The highest BCUT2D eigenvalue weighted by Crippen LogP contribution is 2.38. The van der Waals surface area contributed by atoms with Gasteiger partial charge in [0.05, 0.1) is 19.8 Å². The predicted octanol–water partition coefficient (Wildman–Crippen LogP) is 5.26. The van der Waals surface area contributed by atoms with E-state index in [-0.39, 0.29) is 5.01 Å². The van der Waals surface area contributed by atoms with Crippen LogP contribution in [0.25, 0.3) is 10.6 Å². The molecule has 0 spiro atoms. The van der Waals surface area contributed by atoms with Gasteiger partial charge < -0.3 is 14.8 Å². The van der Waals surface area contributed by atoms with Crippen molar-refractivity contribution in [3.05, 3.63) is 64.2 Å². The van der Waals surface area contributed by atoms with Gasteiger partial charge in [-0.25, -0.2) is 4.98 Å². The van der Waals surface area contributed by atoms with Gasteiger partial charge in [0.2, 0.25) is 0 Å². The summed E-state index contributed by atoms with van der Waals surface area (Å²) in [6, 6.07) is 11.6. The maximum Gasteiger partial charge on any atom is 0.435 e. The first-order valence-electron chi connectivity index (χ1n) is 9.55. The molecule has 1 amide bonds. The number of amides is 1. The third kappa shape index (κ3) is 4.36. The number of fused-ring (bicyclic) bond motifs is 1. The highest BCUT2D eigenvalue weighted by molar-refractivity contribution is 7.17. The van der Waals surface area contributed by atoms with Crippen molar-refractivity contribution in [1.82, 2.24) is 10.3 Å². The van der Waals surface area contributed by atoms with Crippen molar-refractivity contribution < 1.29 is 27.4 Å². The smallest absolute Gasteiger partial charge is 0.435 e. The van der Waals surface area contributed by atoms with E-state index in [0.717, 1.165) is 23.3 Å². The van der Waals surface area contributed by atoms with Gasteiger partial charge in [-0.15, -0.1) is 11.3 Å². The standard InChI is InChI=1S/C22H19F3N2O3S/c1-12(13-6-7-17-14(10-13)8-9-30-17)26-20(28)18-19(22(23,24)25)27-21(31-18)15-4-3-5-16(11-15)29-2/h3-7,10-12H,8-9H2,1-2H3,(H,26,28). The van der Waals surface area contributed by atoms with E-state index in [1.165, 1.54) is 7.11 Å². The van der Waals surface area contributed by atoms with Gasteiger partial charge in [0, 0.05) is 12.0 Å². The van der Waals surface area contributed by atoms with Crippen LogP contribution in [0.15, 0.2) is 42.5 Å². The topological polar surface area (TPSA) is 60.5 Å². The Morgan fingerprint density at radius 3 is 2.81 bits per heavy atom. The first kappa shape index (κ1) is 21.2. The van der Waals surface area contributed by atoms with E-state index in [2.05, 4.69) is 10.3 Å². The van der Waals surface area contributed by atoms with Crippen molar-refractivity contribution in [3.8, 4) is 22.1 Å². The van der Waals surface area contributed by atoms with E-state index in [1.807, 2.05) is 12.1 Å². The molecule has 1 atom stereocenters. The number of alkyl halides is 3. The lowest BCUT2D eigenvalue weighted by Crippen LogP contribution is -2.28. The SMILES string of the molecule is COc1cccc(-c2nc(C(F)(F)F)c(C(=O)NC(C)c3ccc4c(c3)CCO4)s2)c1. The van der Waals surface area contributed by atoms with Crippen molar-refractivity contribution in [2.45, 2.75) is 25.6 Å². The van der Waals surface area contributed by atoms with Gasteiger partial charge in [-0.05, 0) is 42.3 Å². The van der Waals surface area contributed by atoms with Crippen molar-refractivity contribution in [3.63, 3.8) is 0 Å². The molecule has 0 saturated heterocycles. The number of hydrogen-bond donors (Lipinski definition) is 1. The lowest BCUT2D eigenvalue weighted by atomic mass is 10.0. The number of methoxy groups -OCH3 is 1. The highest BCUT2D eigenvalue weighted by Gasteiger charge is 2.40. The first-order valence-corrected chi connectivity index (χ1v) is 10.4. The third-order valence-corrected chi connectivity index (χ3v) is 6.08. The summed E-state index contributed by atoms with van der Waals surface area (Å²) in [5.74, 6) is 0.469. The maximum atomic E-state index is 13.6. The average molecular weight is 448 g/mol. The number of nitrogens with zero attached hydrogens (tertiary/aromatic N) is 1. The molecule has 1 unspecified atom stereocenters. The maximum absolute atomic E-state index is 13.6. The summed E-state index contributed by atoms with van der Waals surface area (Å²) >= 11 is 0.705. The van der Waals surface area contributed by atoms with Crippen LogP contribution in [0.2, 0.25) is 0 Å². The summed E-state index contributed by atoms with van der Waals surface area (Å²) < 4.78 is 51.5. The molecule has 1 aliphatic heterocycles. The molecule has 0 bridgehead atoms. The lowest BCUT2D eigenvalue weighted by molar-refractivity contribution is -0.141. The number of halogens is 3. The summed E-state index contributed by atoms with van der Waals surface area (Å²) in [5.41, 5.74) is 1.07. The molecule has 5 nitrogen and oxygen atoms in total. The number of carbonyl (C=O) groups excluding carboxylic acids is 1. The number of nitrogens with one attached hydrogen (secondary N) is 1. The zero-order chi connectivity index (χ0) is 22.2. The second kappa shape index (κ2) is 8.22. The Bertz CT molecular complexity index is 1130. The molecule has 0 radical (unpaired) electrons. The van der Waals surface area contributed by atoms with Gasteiger partial charge in [0.15, 0.2) is 5.69 Å². The Labute approximate surface area is 180 Å². The molecule has 162 valence electrons. The average Bonchev–Trinajstić information content (AvgIpc) is 3.40. The molecule has 0 saturated carbocycles. The molecule has 0 fully saturated rings. The molecule has 1 aromatic heterocycles. The number of aromatic nitrogens is 1. The molecule has 9 heteroatoms. The van der Waals surface area contributed by atoms with Crippen LogP contribution in [0, 0.1) is 0 Å². The third-order valence-electron chi connectivity index (χ3n) is 4.98. The van der Waals surface area contributed by atoms with Crippen LogP contribution in [0.3, 0.4) is 0 Å². The Balaban J connectivity index is 1.62. The van der Waals surface area contributed by atoms with Gasteiger partial charge in [-0.2, -0.15) is 13.2 Å². The van der Waals surface area contributed by atoms with Crippen molar-refractivity contribution >= 4 is 17.2 Å². The van der Waals surface area contributed by atoms with E-state index in [4.69, 9.17) is 9.47 Å². The number of hydrogen-bond acceptors (Lipinski definition) is 5. The second-order valence-electron chi connectivity index (χ2n) is 7.09. The molecule has 1 aliphatic rings. The summed E-state index contributed by atoms with van der Waals surface area (Å²) in [5, 5.41) is 2.77. The van der Waals surface area contributed by atoms with E-state index in [0.29, 0.717) is 29.3 Å². The molecule has 2 aromatic carbocycles. The van der Waals surface area contributed by atoms with Crippen molar-refractivity contribution in [2.24, 2.45) is 0 Å². The Morgan fingerprint density at radius 1 is 1.26 bits per heavy atom. The monoisotopic (exact) mass is 448 g/mol. The van der Waals surface area contributed by atoms with E-state index >= 15 is 0 Å². The van der Waals surface area contributed by atoms with Crippen molar-refractivity contribution in [2.75, 3.05) is 13.7 Å². The quantitative estimate of drug-likeness (QED) is 0.578. The minimum Gasteiger partial charge on any atom is -0.497 e. The number of thiazole rings is 1. The molecule has 4 rings (SSSR count). The van der Waals surface area contributed by atoms with Crippen LogP contribution in [0.1, 0.15) is 39.5 Å². The summed E-state index contributed by atoms with van der Waals surface area (Å²) in [7, 11) is 1.47. The number of rotatable bonds is 5. The zero-order valence-electron chi connectivity index (χ0n) is 16.7. The normalized spacial score (nSPS) is 14.0. The van der Waals surface area contributed by atoms with Crippen LogP contribution in [-0.2, 0) is 12.6 Å². The molecular weight excluding hydrogens is 429 g/mol. The molecule has 31 heavy (non-hydrogen) atoms. The van der Waals surface area contributed by atoms with Gasteiger partial charge in [-0.1, -0.05) is 18.2 Å². The van der Waals surface area contributed by atoms with E-state index < -0.39 is 28.7 Å². The van der Waals surface area contributed by atoms with E-state index in [9.17, 15) is 18.0 Å². The Kier molecular flexibility index (Phi) is 5.62. The molecular formula is C22H19F3N2O3S. The Hall–Kier alpha value is -3.07. The predicted molar refractivity (Wildman–Crippen MR) is 111 cm³/mol. The lowest BCUT2D eigenvalue weighted by Gasteiger charge is -2.15. The van der Waals surface area contributed by atoms with Gasteiger partial charge in [0.25, 0.3) is 5.91 Å². The second-order valence-corrected chi connectivity index (χ2v) is 8.09. The van der Waals surface area contributed by atoms with Crippen molar-refractivity contribution in [1.29, 1.82) is 0 Å². The fraction of sp³-hybridized carbons (Fsp3) is 0.273. The van der Waals surface area contributed by atoms with Crippen LogP contribution in [0.4, 0.5) is 13.2 Å². The summed E-state index contributed by atoms with van der Waals surface area (Å²) in [6.07, 6.45) is -3.99. The van der Waals surface area contributed by atoms with Crippen LogP contribution >= 0.6 is 11.3 Å². The Morgan fingerprint density at radius 2 is 2.06 bits per heavy atom. The van der Waals surface area contributed by atoms with Crippen LogP contribution < -0.4 is 14.8 Å². The molecule has 1 N–H and O–H groups in total. The van der Waals surface area contributed by atoms with E-state index in [1.54, 1.807) is 37.3 Å². The number of carbonyl (C=O) groups is 1. The minimum atomic E-state index is -4.76. The molecule has 3 aromatic rings. The summed E-state index contributed by atoms with van der Waals surface area (Å²) in [6.45, 7) is 2.33. The fourth-order valence-electron chi connectivity index (χ4n) is 3.37. The fourth-order valence-corrected chi connectivity index (χ4v) is 4.35. The van der Waals surface area contributed by atoms with Gasteiger partial charge in [-0.3, -0.25) is 4.79 Å². The largest absolute Gasteiger partial charge is 0.497 e. The number of benzene rings is 2. The molecule has 0 aliphatic carbocycles. The van der Waals surface area contributed by atoms with Gasteiger partial charge >= 0.3 is 6.18 Å². The zero-order valence-corrected chi connectivity index (χ0v) is 17.6. The highest BCUT2D eigenvalue weighted by atomic mass is 32.1. The van der Waals surface area contributed by atoms with Crippen LogP contribution in [0.5, 0.6) is 11.5 Å². The first-order chi connectivity index (χ1) is 14.8. The van der Waals surface area contributed by atoms with Crippen LogP contribution in [-0.4, -0.2) is 24.6 Å². The summed E-state index contributed by atoms with van der Waals surface area (Å²) in [4.78, 5) is 16.1. The van der Waals surface area contributed by atoms with Gasteiger partial charge in [0.1, 0.15) is 21.4 Å².